The van der Waals surface area contributed by atoms with E-state index in [0.29, 0.717) is 12.4 Å². The van der Waals surface area contributed by atoms with Gasteiger partial charge in [0.15, 0.2) is 11.6 Å². The molecule has 3 N–H and O–H groups in total. The minimum Gasteiger partial charge on any atom is -0.870 e. The van der Waals surface area contributed by atoms with Gasteiger partial charge in [-0.3, -0.25) is 0 Å². The molecule has 0 bridgehead atoms. The summed E-state index contributed by atoms with van der Waals surface area (Å²) in [4.78, 5) is 26.1. The molecule has 0 aliphatic carbocycles. The van der Waals surface area contributed by atoms with Crippen molar-refractivity contribution in [2.24, 2.45) is 0 Å². The Labute approximate surface area is 153 Å². The summed E-state index contributed by atoms with van der Waals surface area (Å²) < 4.78 is 10.3. The monoisotopic (exact) mass is 336 g/mol. The Morgan fingerprint density at radius 3 is 2.50 bits per heavy atom. The molecule has 132 valence electrons. The third kappa shape index (κ3) is 9.60. The van der Waals surface area contributed by atoms with E-state index in [2.05, 4.69) is 10.3 Å². The van der Waals surface area contributed by atoms with Crippen LogP contribution in [0.25, 0.3) is 0 Å². The molecule has 1 atom stereocenters. The maximum atomic E-state index is 11.4. The number of carbonyl (C=O) groups is 2. The fourth-order valence-electron chi connectivity index (χ4n) is 1.82. The minimum atomic E-state index is -1.09. The van der Waals surface area contributed by atoms with Crippen molar-refractivity contribution in [2.45, 2.75) is 58.5 Å². The number of alkyl carbamates (subject to hydrolysis) is 1. The number of nitrogens with one attached hydrogen (secondary N) is 1. The number of amides is 1. The van der Waals surface area contributed by atoms with Crippen molar-refractivity contribution in [3.05, 3.63) is 17.8 Å². The van der Waals surface area contributed by atoms with E-state index in [1.165, 1.54) is 0 Å². The van der Waals surface area contributed by atoms with Gasteiger partial charge in [0.2, 0.25) is 0 Å². The van der Waals surface area contributed by atoms with Gasteiger partial charge in [-0.2, -0.15) is 0 Å². The van der Waals surface area contributed by atoms with Crippen LogP contribution in [-0.2, 0) is 4.74 Å². The van der Waals surface area contributed by atoms with Gasteiger partial charge in [-0.1, -0.05) is 13.3 Å². The minimum absolute atomic E-state index is 0. The zero-order chi connectivity index (χ0) is 16.8. The van der Waals surface area contributed by atoms with Crippen molar-refractivity contribution < 1.29 is 48.2 Å². The Hall–Kier alpha value is -1.49. The normalized spacial score (nSPS) is 11.7. The smallest absolute Gasteiger partial charge is 0.870 e. The van der Waals surface area contributed by atoms with E-state index in [0.717, 1.165) is 25.5 Å². The van der Waals surface area contributed by atoms with Crippen LogP contribution in [0.3, 0.4) is 0 Å². The SMILES string of the molecule is CC(CCCCNC(=O)OC(C)(C)C)c1nc(C(=O)O)co1.[Li+].[OH-]. The number of nitrogens with zero attached hydrogens (tertiary/aromatic N) is 1. The zero-order valence-corrected chi connectivity index (χ0v) is 15.0. The molecule has 0 fully saturated rings. The number of aromatic nitrogens is 1. The molecular formula is C15H25LiN2O6. The molecule has 0 saturated heterocycles. The second-order valence-electron chi connectivity index (χ2n) is 6.20. The average Bonchev–Trinajstić information content (AvgIpc) is 2.85. The number of oxazole rings is 1. The summed E-state index contributed by atoms with van der Waals surface area (Å²) in [7, 11) is 0. The van der Waals surface area contributed by atoms with E-state index >= 15 is 0 Å². The number of carboxylic acids is 1. The van der Waals surface area contributed by atoms with Crippen LogP contribution >= 0.6 is 0 Å². The Morgan fingerprint density at radius 2 is 2.00 bits per heavy atom. The molecule has 1 aromatic heterocycles. The molecule has 1 amide bonds. The van der Waals surface area contributed by atoms with Crippen LogP contribution in [0.1, 0.15) is 69.3 Å². The number of rotatable bonds is 7. The third-order valence-electron chi connectivity index (χ3n) is 2.89. The van der Waals surface area contributed by atoms with Gasteiger partial charge in [-0.15, -0.1) is 0 Å². The van der Waals surface area contributed by atoms with Crippen LogP contribution in [0, 0.1) is 0 Å². The molecule has 0 radical (unpaired) electrons. The van der Waals surface area contributed by atoms with Gasteiger partial charge in [0.25, 0.3) is 0 Å². The first-order chi connectivity index (χ1) is 10.2. The summed E-state index contributed by atoms with van der Waals surface area (Å²) >= 11 is 0. The molecule has 1 aromatic rings. The van der Waals surface area contributed by atoms with Crippen molar-refractivity contribution in [3.63, 3.8) is 0 Å². The van der Waals surface area contributed by atoms with Crippen LogP contribution in [0.5, 0.6) is 0 Å². The van der Waals surface area contributed by atoms with Crippen molar-refractivity contribution in [3.8, 4) is 0 Å². The van der Waals surface area contributed by atoms with Crippen LogP contribution in [-0.4, -0.2) is 39.8 Å². The van der Waals surface area contributed by atoms with Gasteiger partial charge in [0, 0.05) is 12.5 Å². The predicted molar refractivity (Wildman–Crippen MR) is 81.9 cm³/mol. The van der Waals surface area contributed by atoms with E-state index in [1.54, 1.807) is 0 Å². The summed E-state index contributed by atoms with van der Waals surface area (Å²) in [6.45, 7) is 7.91. The molecule has 0 spiro atoms. The molecule has 0 aliphatic rings. The number of carbonyl (C=O) groups excluding carboxylic acids is 1. The molecule has 1 heterocycles. The topological polar surface area (TPSA) is 132 Å². The standard InChI is InChI=1S/C15H24N2O5.Li.H2O/c1-10(12-17-11(9-21-12)13(18)19)7-5-6-8-16-14(20)22-15(2,3)4;;/h9-10H,5-8H2,1-4H3,(H,16,20)(H,18,19);;1H2/q;+1;/p-1. The zero-order valence-electron chi connectivity index (χ0n) is 15.0. The van der Waals surface area contributed by atoms with E-state index in [9.17, 15) is 9.59 Å². The molecule has 0 aliphatic heterocycles. The van der Waals surface area contributed by atoms with E-state index in [4.69, 9.17) is 14.3 Å². The number of unbranched alkanes of at least 4 members (excludes halogenated alkanes) is 1. The van der Waals surface area contributed by atoms with Gasteiger partial charge < -0.3 is 25.1 Å². The van der Waals surface area contributed by atoms with Gasteiger partial charge in [0.1, 0.15) is 11.9 Å². The van der Waals surface area contributed by atoms with Gasteiger partial charge in [-0.05, 0) is 33.6 Å². The van der Waals surface area contributed by atoms with Crippen molar-refractivity contribution >= 4 is 12.1 Å². The molecule has 0 saturated carbocycles. The molecule has 0 aromatic carbocycles. The van der Waals surface area contributed by atoms with Gasteiger partial charge in [-0.25, -0.2) is 14.6 Å². The Kier molecular flexibility index (Phi) is 11.5. The van der Waals surface area contributed by atoms with E-state index < -0.39 is 17.7 Å². The fraction of sp³-hybridized carbons (Fsp3) is 0.667. The fourth-order valence-corrected chi connectivity index (χ4v) is 1.82. The second-order valence-corrected chi connectivity index (χ2v) is 6.20. The summed E-state index contributed by atoms with van der Waals surface area (Å²) in [5, 5.41) is 11.5. The van der Waals surface area contributed by atoms with E-state index in [-0.39, 0.29) is 35.9 Å². The first kappa shape index (κ1) is 24.8. The van der Waals surface area contributed by atoms with Crippen LogP contribution in [0.4, 0.5) is 4.79 Å². The van der Waals surface area contributed by atoms with Crippen molar-refractivity contribution in [1.82, 2.24) is 10.3 Å². The molecule has 24 heavy (non-hydrogen) atoms. The van der Waals surface area contributed by atoms with Crippen LogP contribution in [0.2, 0.25) is 0 Å². The maximum absolute atomic E-state index is 11.4. The van der Waals surface area contributed by atoms with E-state index in [1.807, 2.05) is 27.7 Å². The Morgan fingerprint density at radius 1 is 1.38 bits per heavy atom. The van der Waals surface area contributed by atoms with Crippen molar-refractivity contribution in [2.75, 3.05) is 6.54 Å². The second kappa shape index (κ2) is 11.1. The molecular weight excluding hydrogens is 311 g/mol. The summed E-state index contributed by atoms with van der Waals surface area (Å²) in [6, 6.07) is 0. The molecule has 1 unspecified atom stereocenters. The summed E-state index contributed by atoms with van der Waals surface area (Å²) in [5.41, 5.74) is -0.570. The van der Waals surface area contributed by atoms with Crippen molar-refractivity contribution in [1.29, 1.82) is 0 Å². The van der Waals surface area contributed by atoms with Gasteiger partial charge in [0.05, 0.1) is 0 Å². The first-order valence-electron chi connectivity index (χ1n) is 7.34. The average molecular weight is 336 g/mol. The first-order valence-corrected chi connectivity index (χ1v) is 7.34. The number of aromatic carboxylic acids is 1. The summed E-state index contributed by atoms with van der Waals surface area (Å²) in [6.07, 6.45) is 3.20. The van der Waals surface area contributed by atoms with Crippen LogP contribution in [0.15, 0.2) is 10.7 Å². The number of hydrogen-bond donors (Lipinski definition) is 2. The number of carboxylic acid groups (broad SMARTS) is 1. The largest absolute Gasteiger partial charge is 1.00 e. The Bertz CT molecular complexity index is 512. The van der Waals surface area contributed by atoms with Gasteiger partial charge >= 0.3 is 30.9 Å². The van der Waals surface area contributed by atoms with Crippen LogP contribution < -0.4 is 24.2 Å². The predicted octanol–water partition coefficient (Wildman–Crippen LogP) is -0.00150. The molecule has 9 heteroatoms. The quantitative estimate of drug-likeness (QED) is 0.529. The number of hydrogen-bond acceptors (Lipinski definition) is 6. The maximum Gasteiger partial charge on any atom is 1.00 e. The summed E-state index contributed by atoms with van der Waals surface area (Å²) in [5.74, 6) is -0.629. The molecule has 8 nitrogen and oxygen atoms in total. The Balaban J connectivity index is 0. The molecule has 1 rings (SSSR count). The number of ether oxygens (including phenoxy) is 1. The third-order valence-corrected chi connectivity index (χ3v) is 2.89.